The molecule has 1 heterocycles. The van der Waals surface area contributed by atoms with E-state index in [0.717, 1.165) is 19.5 Å². The quantitative estimate of drug-likeness (QED) is 0.550. The van der Waals surface area contributed by atoms with E-state index in [-0.39, 0.29) is 12.2 Å². The molecule has 2 atom stereocenters. The van der Waals surface area contributed by atoms with Gasteiger partial charge >= 0.3 is 0 Å². The van der Waals surface area contributed by atoms with Crippen LogP contribution in [0.4, 0.5) is 0 Å². The Balaban J connectivity index is 2.35. The van der Waals surface area contributed by atoms with Crippen LogP contribution in [-0.4, -0.2) is 49.5 Å². The Hall–Kier alpha value is -0.120. The van der Waals surface area contributed by atoms with Crippen LogP contribution in [0.1, 0.15) is 6.42 Å². The lowest BCUT2D eigenvalue weighted by Crippen LogP contribution is -2.44. The summed E-state index contributed by atoms with van der Waals surface area (Å²) in [4.78, 5) is 2.09. The predicted molar refractivity (Wildman–Crippen MR) is 38.9 cm³/mol. The van der Waals surface area contributed by atoms with Crippen molar-refractivity contribution in [3.8, 4) is 0 Å². The average Bonchev–Trinajstić information content (AvgIpc) is 1.85. The third kappa shape index (κ3) is 1.94. The van der Waals surface area contributed by atoms with Gasteiger partial charge < -0.3 is 14.7 Å². The van der Waals surface area contributed by atoms with Crippen LogP contribution in [0.2, 0.25) is 0 Å². The van der Waals surface area contributed by atoms with E-state index in [2.05, 4.69) is 4.90 Å². The van der Waals surface area contributed by atoms with Crippen molar-refractivity contribution in [1.82, 2.24) is 4.90 Å². The number of likely N-dealkylation sites (tertiary alicyclic amines) is 1. The molecule has 0 aliphatic carbocycles. The summed E-state index contributed by atoms with van der Waals surface area (Å²) >= 11 is 0. The van der Waals surface area contributed by atoms with Gasteiger partial charge in [0.15, 0.2) is 0 Å². The molecule has 0 aromatic rings. The minimum atomic E-state index is -0.205. The molecule has 1 saturated heterocycles. The number of hydrogen-bond acceptors (Lipinski definition) is 3. The van der Waals surface area contributed by atoms with E-state index in [9.17, 15) is 5.11 Å². The molecule has 0 saturated carbocycles. The van der Waals surface area contributed by atoms with Crippen molar-refractivity contribution in [2.45, 2.75) is 18.6 Å². The zero-order valence-electron chi connectivity index (χ0n) is 6.58. The van der Waals surface area contributed by atoms with Crippen LogP contribution in [0.15, 0.2) is 0 Å². The number of aliphatic hydroxyl groups excluding tert-OH is 1. The van der Waals surface area contributed by atoms with Crippen LogP contribution >= 0.6 is 0 Å². The molecule has 0 aromatic heterocycles. The van der Waals surface area contributed by atoms with Crippen molar-refractivity contribution < 1.29 is 9.84 Å². The molecule has 3 nitrogen and oxygen atoms in total. The number of rotatable bonds is 1. The van der Waals surface area contributed by atoms with Crippen molar-refractivity contribution in [3.63, 3.8) is 0 Å². The maximum Gasteiger partial charge on any atom is 0.0723 e. The molecule has 10 heavy (non-hydrogen) atoms. The van der Waals surface area contributed by atoms with Gasteiger partial charge in [0.2, 0.25) is 0 Å². The number of ether oxygens (including phenoxy) is 1. The monoisotopic (exact) mass is 145 g/mol. The number of likely N-dealkylation sites (N-methyl/N-ethyl adjacent to an activating group) is 1. The van der Waals surface area contributed by atoms with Gasteiger partial charge in [-0.1, -0.05) is 0 Å². The number of aliphatic hydroxyl groups is 1. The zero-order chi connectivity index (χ0) is 7.56. The van der Waals surface area contributed by atoms with Crippen LogP contribution in [0.5, 0.6) is 0 Å². The molecule has 60 valence electrons. The summed E-state index contributed by atoms with van der Waals surface area (Å²) in [5.74, 6) is 0. The SMILES string of the molecule is CO[C@@H]1C[C@@H](O)CN(C)C1. The smallest absolute Gasteiger partial charge is 0.0723 e. The van der Waals surface area contributed by atoms with Gasteiger partial charge in [-0.15, -0.1) is 0 Å². The Labute approximate surface area is 61.6 Å². The van der Waals surface area contributed by atoms with Crippen molar-refractivity contribution in [3.05, 3.63) is 0 Å². The van der Waals surface area contributed by atoms with Gasteiger partial charge in [-0.2, -0.15) is 0 Å². The Kier molecular flexibility index (Phi) is 2.65. The highest BCUT2D eigenvalue weighted by atomic mass is 16.5. The van der Waals surface area contributed by atoms with E-state index in [1.54, 1.807) is 7.11 Å². The van der Waals surface area contributed by atoms with Gasteiger partial charge in [-0.3, -0.25) is 0 Å². The van der Waals surface area contributed by atoms with Crippen molar-refractivity contribution in [2.75, 3.05) is 27.2 Å². The molecular formula is C7H15NO2. The zero-order valence-corrected chi connectivity index (χ0v) is 6.58. The Bertz CT molecular complexity index is 97.8. The Morgan fingerprint density at radius 1 is 1.50 bits per heavy atom. The molecule has 1 aliphatic heterocycles. The van der Waals surface area contributed by atoms with Gasteiger partial charge in [-0.25, -0.2) is 0 Å². The highest BCUT2D eigenvalue weighted by Gasteiger charge is 2.22. The molecule has 1 rings (SSSR count). The third-order valence-corrected chi connectivity index (χ3v) is 1.91. The molecule has 3 heteroatoms. The predicted octanol–water partition coefficient (Wildman–Crippen LogP) is -0.302. The summed E-state index contributed by atoms with van der Waals surface area (Å²) in [6, 6.07) is 0. The van der Waals surface area contributed by atoms with Crippen molar-refractivity contribution >= 4 is 0 Å². The van der Waals surface area contributed by atoms with Crippen LogP contribution in [0.25, 0.3) is 0 Å². The molecule has 0 amide bonds. The fourth-order valence-corrected chi connectivity index (χ4v) is 1.41. The van der Waals surface area contributed by atoms with E-state index in [1.807, 2.05) is 7.05 Å². The van der Waals surface area contributed by atoms with E-state index >= 15 is 0 Å². The second-order valence-corrected chi connectivity index (χ2v) is 2.97. The van der Waals surface area contributed by atoms with Gasteiger partial charge in [-0.05, 0) is 7.05 Å². The van der Waals surface area contributed by atoms with Crippen LogP contribution < -0.4 is 0 Å². The van der Waals surface area contributed by atoms with Gasteiger partial charge in [0.25, 0.3) is 0 Å². The molecule has 1 N–H and O–H groups in total. The van der Waals surface area contributed by atoms with Gasteiger partial charge in [0, 0.05) is 26.6 Å². The highest BCUT2D eigenvalue weighted by molar-refractivity contribution is 4.76. The standard InChI is InChI=1S/C7H15NO2/c1-8-4-6(9)3-7(5-8)10-2/h6-7,9H,3-5H2,1-2H3/t6-,7-/m1/s1. The number of methoxy groups -OCH3 is 1. The number of nitrogens with zero attached hydrogens (tertiary/aromatic N) is 1. The van der Waals surface area contributed by atoms with E-state index in [0.29, 0.717) is 0 Å². The Morgan fingerprint density at radius 3 is 2.70 bits per heavy atom. The first-order valence-corrected chi connectivity index (χ1v) is 3.61. The summed E-state index contributed by atoms with van der Waals surface area (Å²) in [6.45, 7) is 1.72. The fraction of sp³-hybridized carbons (Fsp3) is 1.00. The lowest BCUT2D eigenvalue weighted by Gasteiger charge is -2.31. The topological polar surface area (TPSA) is 32.7 Å². The molecule has 1 aliphatic rings. The summed E-state index contributed by atoms with van der Waals surface area (Å²) in [6.07, 6.45) is 0.790. The molecule has 0 bridgehead atoms. The average molecular weight is 145 g/mol. The first-order chi connectivity index (χ1) is 4.72. The molecular weight excluding hydrogens is 130 g/mol. The fourth-order valence-electron chi connectivity index (χ4n) is 1.41. The minimum Gasteiger partial charge on any atom is -0.392 e. The molecule has 0 spiro atoms. The summed E-state index contributed by atoms with van der Waals surface area (Å²) in [7, 11) is 3.69. The molecule has 0 aromatic carbocycles. The number of hydrogen-bond donors (Lipinski definition) is 1. The van der Waals surface area contributed by atoms with Crippen LogP contribution in [0.3, 0.4) is 0 Å². The molecule has 0 unspecified atom stereocenters. The maximum absolute atomic E-state index is 9.26. The first-order valence-electron chi connectivity index (χ1n) is 3.61. The second-order valence-electron chi connectivity index (χ2n) is 2.97. The first kappa shape index (κ1) is 7.98. The van der Waals surface area contributed by atoms with Gasteiger partial charge in [0.05, 0.1) is 12.2 Å². The summed E-state index contributed by atoms with van der Waals surface area (Å²) < 4.78 is 5.13. The summed E-state index contributed by atoms with van der Waals surface area (Å²) in [5, 5.41) is 9.26. The van der Waals surface area contributed by atoms with Crippen LogP contribution in [-0.2, 0) is 4.74 Å². The summed E-state index contributed by atoms with van der Waals surface area (Å²) in [5.41, 5.74) is 0. The number of piperidine rings is 1. The van der Waals surface area contributed by atoms with Crippen molar-refractivity contribution in [1.29, 1.82) is 0 Å². The van der Waals surface area contributed by atoms with E-state index in [4.69, 9.17) is 4.74 Å². The molecule has 0 radical (unpaired) electrons. The lowest BCUT2D eigenvalue weighted by molar-refractivity contribution is -0.0204. The second kappa shape index (κ2) is 3.32. The normalized spacial score (nSPS) is 36.3. The maximum atomic E-state index is 9.26. The third-order valence-electron chi connectivity index (χ3n) is 1.91. The van der Waals surface area contributed by atoms with Crippen molar-refractivity contribution in [2.24, 2.45) is 0 Å². The number of β-amino-alcohol motifs (C(OH)–C–C–N with tert-alkyl or cyclic N) is 1. The minimum absolute atomic E-state index is 0.205. The largest absolute Gasteiger partial charge is 0.392 e. The Morgan fingerprint density at radius 2 is 2.20 bits per heavy atom. The van der Waals surface area contributed by atoms with E-state index < -0.39 is 0 Å². The lowest BCUT2D eigenvalue weighted by atomic mass is 10.1. The van der Waals surface area contributed by atoms with E-state index in [1.165, 1.54) is 0 Å². The van der Waals surface area contributed by atoms with Gasteiger partial charge in [0.1, 0.15) is 0 Å². The molecule has 1 fully saturated rings. The van der Waals surface area contributed by atoms with Crippen LogP contribution in [0, 0.1) is 0 Å². The highest BCUT2D eigenvalue weighted by Crippen LogP contribution is 2.10.